The molecule has 0 fully saturated rings. The van der Waals surface area contributed by atoms with Crippen molar-refractivity contribution >= 4 is 22.7 Å². The van der Waals surface area contributed by atoms with Crippen molar-refractivity contribution in [1.29, 1.82) is 0 Å². The van der Waals surface area contributed by atoms with Gasteiger partial charge in [-0.2, -0.15) is 0 Å². The van der Waals surface area contributed by atoms with Crippen molar-refractivity contribution in [1.82, 2.24) is 9.97 Å². The third-order valence-corrected chi connectivity index (χ3v) is 4.78. The Bertz CT molecular complexity index is 857. The van der Waals surface area contributed by atoms with Gasteiger partial charge in [0.05, 0.1) is 10.9 Å². The molecule has 0 radical (unpaired) electrons. The standard InChI is InChI=1S/C18H18N2OS/c1-3-13-8-4-5-9-14(13)12(2)22-18-19-16-11-7-6-10-15(16)17(21)20-18/h4-12H,3H2,1-2H3,(H,19,20,21). The molecule has 0 aliphatic rings. The van der Waals surface area contributed by atoms with Crippen LogP contribution in [0.1, 0.15) is 30.2 Å². The molecule has 0 saturated heterocycles. The summed E-state index contributed by atoms with van der Waals surface area (Å²) in [7, 11) is 0. The van der Waals surface area contributed by atoms with Gasteiger partial charge in [-0.15, -0.1) is 0 Å². The number of aromatic nitrogens is 2. The smallest absolute Gasteiger partial charge is 0.259 e. The summed E-state index contributed by atoms with van der Waals surface area (Å²) in [5, 5.41) is 1.54. The lowest BCUT2D eigenvalue weighted by Gasteiger charge is -2.15. The fraction of sp³-hybridized carbons (Fsp3) is 0.222. The van der Waals surface area contributed by atoms with E-state index in [1.54, 1.807) is 17.8 Å². The Morgan fingerprint density at radius 1 is 1.14 bits per heavy atom. The van der Waals surface area contributed by atoms with Gasteiger partial charge in [-0.25, -0.2) is 4.98 Å². The van der Waals surface area contributed by atoms with Crippen LogP contribution >= 0.6 is 11.8 Å². The summed E-state index contributed by atoms with van der Waals surface area (Å²) in [4.78, 5) is 19.6. The van der Waals surface area contributed by atoms with Gasteiger partial charge in [0.2, 0.25) is 0 Å². The van der Waals surface area contributed by atoms with E-state index in [1.807, 2.05) is 18.2 Å². The topological polar surface area (TPSA) is 45.8 Å². The number of fused-ring (bicyclic) bond motifs is 1. The monoisotopic (exact) mass is 310 g/mol. The fourth-order valence-corrected chi connectivity index (χ4v) is 3.60. The number of aromatic amines is 1. The van der Waals surface area contributed by atoms with Crippen LogP contribution in [-0.2, 0) is 6.42 Å². The molecule has 2 aromatic carbocycles. The second kappa shape index (κ2) is 6.36. The van der Waals surface area contributed by atoms with E-state index in [9.17, 15) is 4.79 Å². The van der Waals surface area contributed by atoms with Crippen LogP contribution in [0, 0.1) is 0 Å². The van der Waals surface area contributed by atoms with Gasteiger partial charge < -0.3 is 4.98 Å². The molecule has 22 heavy (non-hydrogen) atoms. The predicted molar refractivity (Wildman–Crippen MR) is 92.5 cm³/mol. The van der Waals surface area contributed by atoms with Crippen LogP contribution in [0.25, 0.3) is 10.9 Å². The summed E-state index contributed by atoms with van der Waals surface area (Å²) in [5.41, 5.74) is 3.30. The summed E-state index contributed by atoms with van der Waals surface area (Å²) in [5.74, 6) is 0. The summed E-state index contributed by atoms with van der Waals surface area (Å²) >= 11 is 1.59. The zero-order valence-corrected chi connectivity index (χ0v) is 13.5. The summed E-state index contributed by atoms with van der Waals surface area (Å²) in [6.07, 6.45) is 1.00. The molecule has 0 bridgehead atoms. The average molecular weight is 310 g/mol. The molecule has 0 amide bonds. The molecule has 0 aliphatic carbocycles. The number of hydrogen-bond donors (Lipinski definition) is 1. The molecule has 3 aromatic rings. The zero-order chi connectivity index (χ0) is 15.5. The first-order valence-electron chi connectivity index (χ1n) is 7.42. The Kier molecular flexibility index (Phi) is 4.29. The van der Waals surface area contributed by atoms with E-state index in [1.165, 1.54) is 11.1 Å². The number of rotatable bonds is 4. The van der Waals surface area contributed by atoms with Crippen LogP contribution in [0.3, 0.4) is 0 Å². The normalized spacial score (nSPS) is 12.5. The molecule has 0 saturated carbocycles. The van der Waals surface area contributed by atoms with Gasteiger partial charge >= 0.3 is 0 Å². The van der Waals surface area contributed by atoms with Crippen LogP contribution in [0.2, 0.25) is 0 Å². The van der Waals surface area contributed by atoms with Gasteiger partial charge in [0, 0.05) is 5.25 Å². The predicted octanol–water partition coefficient (Wildman–Crippen LogP) is 4.34. The van der Waals surface area contributed by atoms with Gasteiger partial charge in [-0.05, 0) is 36.6 Å². The van der Waals surface area contributed by atoms with Crippen molar-refractivity contribution in [2.24, 2.45) is 0 Å². The van der Waals surface area contributed by atoms with Gasteiger partial charge in [-0.1, -0.05) is 55.1 Å². The highest BCUT2D eigenvalue weighted by molar-refractivity contribution is 7.99. The number of nitrogens with zero attached hydrogens (tertiary/aromatic N) is 1. The van der Waals surface area contributed by atoms with Crippen LogP contribution in [0.15, 0.2) is 58.5 Å². The minimum absolute atomic E-state index is 0.0796. The van der Waals surface area contributed by atoms with Crippen LogP contribution in [-0.4, -0.2) is 9.97 Å². The van der Waals surface area contributed by atoms with Crippen molar-refractivity contribution in [3.63, 3.8) is 0 Å². The highest BCUT2D eigenvalue weighted by atomic mass is 32.2. The molecule has 3 rings (SSSR count). The Morgan fingerprint density at radius 3 is 2.68 bits per heavy atom. The van der Waals surface area contributed by atoms with Crippen molar-refractivity contribution in [3.05, 3.63) is 70.0 Å². The van der Waals surface area contributed by atoms with Crippen molar-refractivity contribution < 1.29 is 0 Å². The number of hydrogen-bond acceptors (Lipinski definition) is 3. The summed E-state index contributed by atoms with van der Waals surface area (Å²) in [6, 6.07) is 15.9. The number of H-pyrrole nitrogens is 1. The van der Waals surface area contributed by atoms with E-state index >= 15 is 0 Å². The molecule has 1 unspecified atom stereocenters. The van der Waals surface area contributed by atoms with E-state index in [4.69, 9.17) is 0 Å². The third-order valence-electron chi connectivity index (χ3n) is 3.75. The second-order valence-electron chi connectivity index (χ2n) is 5.20. The SMILES string of the molecule is CCc1ccccc1C(C)Sc1nc2ccccc2c(=O)[nH]1. The molecule has 4 heteroatoms. The first-order chi connectivity index (χ1) is 10.7. The van der Waals surface area contributed by atoms with E-state index in [0.717, 1.165) is 11.9 Å². The maximum Gasteiger partial charge on any atom is 0.259 e. The van der Waals surface area contributed by atoms with E-state index in [2.05, 4.69) is 48.1 Å². The maximum atomic E-state index is 12.1. The Labute approximate surface area is 133 Å². The second-order valence-corrected chi connectivity index (χ2v) is 6.53. The lowest BCUT2D eigenvalue weighted by atomic mass is 10.0. The fourth-order valence-electron chi connectivity index (χ4n) is 2.60. The molecular weight excluding hydrogens is 292 g/mol. The molecule has 1 atom stereocenters. The molecule has 112 valence electrons. The lowest BCUT2D eigenvalue weighted by Crippen LogP contribution is -2.09. The first-order valence-corrected chi connectivity index (χ1v) is 8.30. The maximum absolute atomic E-state index is 12.1. The molecule has 1 aromatic heterocycles. The van der Waals surface area contributed by atoms with E-state index in [0.29, 0.717) is 10.5 Å². The minimum Gasteiger partial charge on any atom is -0.301 e. The number of thioether (sulfide) groups is 1. The number of nitrogens with one attached hydrogen (secondary N) is 1. The molecular formula is C18H18N2OS. The molecule has 0 spiro atoms. The summed E-state index contributed by atoms with van der Waals surface area (Å²) in [6.45, 7) is 4.31. The molecule has 1 heterocycles. The highest BCUT2D eigenvalue weighted by Gasteiger charge is 2.13. The van der Waals surface area contributed by atoms with Crippen LogP contribution in [0.5, 0.6) is 0 Å². The molecule has 1 N–H and O–H groups in total. The molecule has 3 nitrogen and oxygen atoms in total. The average Bonchev–Trinajstić information content (AvgIpc) is 2.55. The van der Waals surface area contributed by atoms with E-state index in [-0.39, 0.29) is 10.8 Å². The summed E-state index contributed by atoms with van der Waals surface area (Å²) < 4.78 is 0. The minimum atomic E-state index is -0.0796. The Morgan fingerprint density at radius 2 is 1.86 bits per heavy atom. The van der Waals surface area contributed by atoms with Gasteiger partial charge in [0.1, 0.15) is 0 Å². The Hall–Kier alpha value is -2.07. The van der Waals surface area contributed by atoms with Crippen molar-refractivity contribution in [2.45, 2.75) is 30.7 Å². The van der Waals surface area contributed by atoms with Gasteiger partial charge in [-0.3, -0.25) is 4.79 Å². The molecule has 0 aliphatic heterocycles. The van der Waals surface area contributed by atoms with Gasteiger partial charge in [0.15, 0.2) is 5.16 Å². The van der Waals surface area contributed by atoms with Crippen molar-refractivity contribution in [2.75, 3.05) is 0 Å². The Balaban J connectivity index is 1.94. The van der Waals surface area contributed by atoms with Gasteiger partial charge in [0.25, 0.3) is 5.56 Å². The number of para-hydroxylation sites is 1. The third kappa shape index (κ3) is 2.92. The van der Waals surface area contributed by atoms with Crippen LogP contribution < -0.4 is 5.56 Å². The first kappa shape index (κ1) is 14.9. The highest BCUT2D eigenvalue weighted by Crippen LogP contribution is 2.34. The number of benzene rings is 2. The van der Waals surface area contributed by atoms with E-state index < -0.39 is 0 Å². The zero-order valence-electron chi connectivity index (χ0n) is 12.7. The number of aryl methyl sites for hydroxylation is 1. The van der Waals surface area contributed by atoms with Crippen LogP contribution in [0.4, 0.5) is 0 Å². The quantitative estimate of drug-likeness (QED) is 0.576. The lowest BCUT2D eigenvalue weighted by molar-refractivity contribution is 0.950. The van der Waals surface area contributed by atoms with Crippen molar-refractivity contribution in [3.8, 4) is 0 Å². The largest absolute Gasteiger partial charge is 0.301 e.